The molecule has 184 valence electrons. The molecule has 5 rings (SSSR count). The Balaban J connectivity index is 1.82. The van der Waals surface area contributed by atoms with Gasteiger partial charge in [0.2, 0.25) is 0 Å². The molecule has 1 saturated carbocycles. The quantitative estimate of drug-likeness (QED) is 0.610. The van der Waals surface area contributed by atoms with Crippen LogP contribution in [0.2, 0.25) is 0 Å². The number of rotatable bonds is 5. The lowest BCUT2D eigenvalue weighted by Crippen LogP contribution is -2.59. The maximum atomic E-state index is 15.9. The van der Waals surface area contributed by atoms with Gasteiger partial charge in [-0.2, -0.15) is 0 Å². The Labute approximate surface area is 193 Å². The average Bonchev–Trinajstić information content (AvgIpc) is 3.51. The van der Waals surface area contributed by atoms with Crippen LogP contribution in [0.4, 0.5) is 22.0 Å². The monoisotopic (exact) mass is 503 g/mol. The highest BCUT2D eigenvalue weighted by molar-refractivity contribution is 7.12. The molecule has 0 radical (unpaired) electrons. The van der Waals surface area contributed by atoms with Gasteiger partial charge >= 0.3 is 5.69 Å². The van der Waals surface area contributed by atoms with Gasteiger partial charge in [0.1, 0.15) is 11.9 Å². The van der Waals surface area contributed by atoms with Crippen LogP contribution in [0.1, 0.15) is 52.5 Å². The van der Waals surface area contributed by atoms with Crippen molar-refractivity contribution >= 4 is 22.7 Å². The number of ether oxygens (including phenoxy) is 1. The summed E-state index contributed by atoms with van der Waals surface area (Å²) in [5.41, 5.74) is 2.95. The number of hydrogen-bond donors (Lipinski definition) is 2. The summed E-state index contributed by atoms with van der Waals surface area (Å²) in [6, 6.07) is 1.05. The minimum absolute atomic E-state index is 0.0456. The van der Waals surface area contributed by atoms with Crippen molar-refractivity contribution in [3.63, 3.8) is 0 Å². The summed E-state index contributed by atoms with van der Waals surface area (Å²) >= 11 is 1.05. The van der Waals surface area contributed by atoms with Crippen molar-refractivity contribution < 1.29 is 26.7 Å². The van der Waals surface area contributed by atoms with E-state index in [-0.39, 0.29) is 40.6 Å². The molecular weight excluding hydrogens is 481 g/mol. The van der Waals surface area contributed by atoms with E-state index in [1.807, 2.05) is 4.98 Å². The molecule has 2 aromatic heterocycles. The topological polar surface area (TPSA) is 90.1 Å². The zero-order valence-electron chi connectivity index (χ0n) is 18.0. The van der Waals surface area contributed by atoms with Gasteiger partial charge in [-0.3, -0.25) is 14.3 Å². The number of methoxy groups -OCH3 is 1. The van der Waals surface area contributed by atoms with Crippen molar-refractivity contribution in [3.8, 4) is 0 Å². The Morgan fingerprint density at radius 2 is 2.03 bits per heavy atom. The van der Waals surface area contributed by atoms with Crippen LogP contribution < -0.4 is 27.6 Å². The van der Waals surface area contributed by atoms with E-state index in [4.69, 9.17) is 10.5 Å². The first-order valence-corrected chi connectivity index (χ1v) is 11.7. The predicted molar refractivity (Wildman–Crippen MR) is 116 cm³/mol. The Hall–Kier alpha value is -2.47. The van der Waals surface area contributed by atoms with Crippen LogP contribution in [0, 0.1) is 0 Å². The van der Waals surface area contributed by atoms with Crippen molar-refractivity contribution in [1.29, 1.82) is 0 Å². The van der Waals surface area contributed by atoms with E-state index >= 15 is 4.39 Å². The van der Waals surface area contributed by atoms with E-state index < -0.39 is 58.8 Å². The summed E-state index contributed by atoms with van der Waals surface area (Å²) in [6.45, 7) is -0.325. The van der Waals surface area contributed by atoms with Gasteiger partial charge in [0, 0.05) is 34.3 Å². The van der Waals surface area contributed by atoms with Crippen molar-refractivity contribution in [3.05, 3.63) is 52.8 Å². The standard InChI is InChI=1S/C22H22F5N3O3S/c1-33-18-13(12-6-9-10(7-28)22(26,27)5-4-11(9)34-12)16(23)14(19(24)25)15-17(18)30(8-2-3-8)21(32)29-20(15)31/h6,8,10,13,16,19H,2-5,7,28H2,1H3,(H,29,31,32). The van der Waals surface area contributed by atoms with Crippen LogP contribution in [0.3, 0.4) is 0 Å². The van der Waals surface area contributed by atoms with E-state index in [9.17, 15) is 27.2 Å². The number of halogens is 5. The number of nitrogens with one attached hydrogen (secondary N) is 1. The number of nitrogens with zero attached hydrogens (tertiary/aromatic N) is 1. The lowest BCUT2D eigenvalue weighted by atomic mass is 9.82. The second-order valence-corrected chi connectivity index (χ2v) is 10.0. The van der Waals surface area contributed by atoms with Crippen LogP contribution in [0.15, 0.2) is 15.7 Å². The molecule has 3 aliphatic carbocycles. The third-order valence-corrected chi connectivity index (χ3v) is 8.17. The predicted octanol–water partition coefficient (Wildman–Crippen LogP) is 1.86. The molecule has 12 heteroatoms. The van der Waals surface area contributed by atoms with E-state index in [0.29, 0.717) is 17.7 Å². The number of aryl methyl sites for hydroxylation is 1. The SMILES string of the molecule is COC1=c2c(c(=O)[nH]c(=O)n2C2CC2)=C(C(F)F)C(F)C1c1cc2c(s1)CCC(F)(F)C2CN. The molecule has 0 saturated heterocycles. The maximum absolute atomic E-state index is 15.9. The largest absolute Gasteiger partial charge is 0.498 e. The van der Waals surface area contributed by atoms with Crippen LogP contribution in [-0.4, -0.2) is 41.7 Å². The highest BCUT2D eigenvalue weighted by Crippen LogP contribution is 2.49. The van der Waals surface area contributed by atoms with Crippen molar-refractivity contribution in [2.75, 3.05) is 13.7 Å². The summed E-state index contributed by atoms with van der Waals surface area (Å²) in [6.07, 6.45) is -4.88. The average molecular weight is 503 g/mol. The number of alkyl halides is 5. The number of fused-ring (bicyclic) bond motifs is 2. The summed E-state index contributed by atoms with van der Waals surface area (Å²) in [5, 5.41) is -0.769. The lowest BCUT2D eigenvalue weighted by molar-refractivity contribution is -0.0381. The molecular formula is C22H22F5N3O3S. The Bertz CT molecular complexity index is 1390. The van der Waals surface area contributed by atoms with Crippen LogP contribution in [0.25, 0.3) is 11.3 Å². The number of thiophene rings is 1. The van der Waals surface area contributed by atoms with E-state index in [2.05, 4.69) is 0 Å². The number of aromatic amines is 1. The minimum Gasteiger partial charge on any atom is -0.498 e. The van der Waals surface area contributed by atoms with Crippen molar-refractivity contribution in [2.45, 2.75) is 62.1 Å². The number of nitrogens with two attached hydrogens (primary N) is 1. The van der Waals surface area contributed by atoms with Gasteiger partial charge in [-0.25, -0.2) is 26.7 Å². The normalized spacial score (nSPS) is 25.9. The number of H-pyrrole nitrogens is 1. The Kier molecular flexibility index (Phi) is 5.51. The summed E-state index contributed by atoms with van der Waals surface area (Å²) in [7, 11) is 1.21. The smallest absolute Gasteiger partial charge is 0.329 e. The molecule has 3 unspecified atom stereocenters. The molecule has 0 aromatic carbocycles. The van der Waals surface area contributed by atoms with Gasteiger partial charge in [-0.15, -0.1) is 11.3 Å². The molecule has 0 amide bonds. The zero-order chi connectivity index (χ0) is 24.5. The van der Waals surface area contributed by atoms with Gasteiger partial charge in [0.25, 0.3) is 17.9 Å². The zero-order valence-corrected chi connectivity index (χ0v) is 18.9. The third kappa shape index (κ3) is 3.36. The second-order valence-electron chi connectivity index (χ2n) is 8.86. The molecule has 0 spiro atoms. The first-order valence-electron chi connectivity index (χ1n) is 10.9. The number of aromatic nitrogens is 2. The Morgan fingerprint density at radius 1 is 1.32 bits per heavy atom. The minimum atomic E-state index is -3.32. The van der Waals surface area contributed by atoms with Gasteiger partial charge in [0.05, 0.1) is 29.5 Å². The fraction of sp³-hybridized carbons (Fsp3) is 0.545. The first kappa shape index (κ1) is 23.3. The fourth-order valence-corrected chi connectivity index (χ4v) is 6.50. The van der Waals surface area contributed by atoms with Gasteiger partial charge in [-0.05, 0) is 30.9 Å². The van der Waals surface area contributed by atoms with Gasteiger partial charge in [-0.1, -0.05) is 0 Å². The van der Waals surface area contributed by atoms with E-state index in [0.717, 1.165) is 11.3 Å². The molecule has 0 bridgehead atoms. The molecule has 3 N–H and O–H groups in total. The summed E-state index contributed by atoms with van der Waals surface area (Å²) in [4.78, 5) is 28.1. The van der Waals surface area contributed by atoms with E-state index in [1.54, 1.807) is 0 Å². The van der Waals surface area contributed by atoms with Crippen molar-refractivity contribution in [1.82, 2.24) is 9.55 Å². The van der Waals surface area contributed by atoms with Gasteiger partial charge < -0.3 is 10.5 Å². The summed E-state index contributed by atoms with van der Waals surface area (Å²) in [5.74, 6) is -5.87. The maximum Gasteiger partial charge on any atom is 0.329 e. The molecule has 2 heterocycles. The molecule has 3 aliphatic rings. The Morgan fingerprint density at radius 3 is 2.62 bits per heavy atom. The van der Waals surface area contributed by atoms with Gasteiger partial charge in [0.15, 0.2) is 0 Å². The number of hydrogen-bond acceptors (Lipinski definition) is 5. The molecule has 1 fully saturated rings. The fourth-order valence-electron chi connectivity index (χ4n) is 5.15. The summed E-state index contributed by atoms with van der Waals surface area (Å²) < 4.78 is 79.8. The second kappa shape index (κ2) is 8.04. The highest BCUT2D eigenvalue weighted by atomic mass is 32.1. The molecule has 0 aliphatic heterocycles. The molecule has 34 heavy (non-hydrogen) atoms. The van der Waals surface area contributed by atoms with Crippen molar-refractivity contribution in [2.24, 2.45) is 5.73 Å². The highest BCUT2D eigenvalue weighted by Gasteiger charge is 2.47. The van der Waals surface area contributed by atoms with Crippen LogP contribution in [0.5, 0.6) is 0 Å². The van der Waals surface area contributed by atoms with E-state index in [1.165, 1.54) is 17.7 Å². The lowest BCUT2D eigenvalue weighted by Gasteiger charge is -2.30. The molecule has 6 nitrogen and oxygen atoms in total. The van der Waals surface area contributed by atoms with Crippen LogP contribution >= 0.6 is 11.3 Å². The third-order valence-electron chi connectivity index (χ3n) is 6.88. The molecule has 3 atom stereocenters. The van der Waals surface area contributed by atoms with Crippen LogP contribution in [-0.2, 0) is 11.2 Å². The molecule has 2 aromatic rings. The first-order chi connectivity index (χ1) is 16.1.